The fourth-order valence-corrected chi connectivity index (χ4v) is 3.48. The molecule has 4 rings (SSSR count). The van der Waals surface area contributed by atoms with E-state index in [1.165, 1.54) is 22.2 Å². The summed E-state index contributed by atoms with van der Waals surface area (Å²) in [5, 5.41) is 1.24. The van der Waals surface area contributed by atoms with Crippen LogP contribution in [0.25, 0.3) is 10.9 Å². The Bertz CT molecular complexity index is 886. The van der Waals surface area contributed by atoms with Gasteiger partial charge in [0.25, 0.3) is 0 Å². The van der Waals surface area contributed by atoms with Crippen molar-refractivity contribution in [2.45, 2.75) is 5.92 Å². The first-order valence-electron chi connectivity index (χ1n) is 7.69. The first-order chi connectivity index (χ1) is 11.3. The molecule has 0 fully saturated rings. The number of hydrogen-bond acceptors (Lipinski definition) is 0. The molecule has 0 spiro atoms. The molecule has 1 aromatic heterocycles. The van der Waals surface area contributed by atoms with Gasteiger partial charge in [0.2, 0.25) is 0 Å². The summed E-state index contributed by atoms with van der Waals surface area (Å²) >= 11 is 3.55. The van der Waals surface area contributed by atoms with Crippen LogP contribution in [0, 0.1) is 0 Å². The summed E-state index contributed by atoms with van der Waals surface area (Å²) < 4.78 is 1.09. The molecule has 3 aromatic carbocycles. The van der Waals surface area contributed by atoms with Crippen LogP contribution in [-0.2, 0) is 0 Å². The summed E-state index contributed by atoms with van der Waals surface area (Å²) in [7, 11) is 0. The zero-order valence-corrected chi connectivity index (χ0v) is 14.1. The van der Waals surface area contributed by atoms with Crippen LogP contribution in [0.5, 0.6) is 0 Å². The Balaban J connectivity index is 1.90. The Morgan fingerprint density at radius 3 is 1.91 bits per heavy atom. The molecular weight excluding hydrogens is 346 g/mol. The molecule has 2 heteroatoms. The van der Waals surface area contributed by atoms with E-state index >= 15 is 0 Å². The number of aromatic amines is 1. The summed E-state index contributed by atoms with van der Waals surface area (Å²) in [6.45, 7) is 0. The van der Waals surface area contributed by atoms with Crippen molar-refractivity contribution in [2.24, 2.45) is 0 Å². The molecule has 112 valence electrons. The molecule has 0 aliphatic carbocycles. The molecule has 0 saturated carbocycles. The number of halogens is 1. The summed E-state index contributed by atoms with van der Waals surface area (Å²) in [6.07, 6.45) is 0. The lowest BCUT2D eigenvalue weighted by atomic mass is 9.88. The molecule has 1 nitrogen and oxygen atoms in total. The van der Waals surface area contributed by atoms with Gasteiger partial charge in [-0.15, -0.1) is 0 Å². The van der Waals surface area contributed by atoms with Crippen molar-refractivity contribution < 1.29 is 0 Å². The van der Waals surface area contributed by atoms with Crippen molar-refractivity contribution in [1.29, 1.82) is 0 Å². The molecular formula is C21H16BrN. The maximum Gasteiger partial charge on any atom is 0.0491 e. The quantitative estimate of drug-likeness (QED) is 0.453. The van der Waals surface area contributed by atoms with Crippen LogP contribution >= 0.6 is 15.9 Å². The van der Waals surface area contributed by atoms with E-state index in [1.54, 1.807) is 0 Å². The molecule has 4 aromatic rings. The highest BCUT2D eigenvalue weighted by atomic mass is 79.9. The van der Waals surface area contributed by atoms with Gasteiger partial charge in [-0.1, -0.05) is 82.7 Å². The molecule has 0 unspecified atom stereocenters. The number of aromatic nitrogens is 1. The maximum atomic E-state index is 3.60. The zero-order chi connectivity index (χ0) is 15.6. The van der Waals surface area contributed by atoms with Crippen molar-refractivity contribution in [3.63, 3.8) is 0 Å². The molecule has 0 bridgehead atoms. The van der Waals surface area contributed by atoms with E-state index in [9.17, 15) is 0 Å². The fraction of sp³-hybridized carbons (Fsp3) is 0.0476. The highest BCUT2D eigenvalue weighted by Gasteiger charge is 2.18. The molecule has 0 saturated heterocycles. The van der Waals surface area contributed by atoms with Crippen LogP contribution in [0.3, 0.4) is 0 Å². The van der Waals surface area contributed by atoms with Gasteiger partial charge in [0.1, 0.15) is 0 Å². The first-order valence-corrected chi connectivity index (χ1v) is 8.48. The lowest BCUT2D eigenvalue weighted by Gasteiger charge is -2.17. The second kappa shape index (κ2) is 6.05. The van der Waals surface area contributed by atoms with Crippen molar-refractivity contribution in [3.8, 4) is 0 Å². The standard InChI is InChI=1S/C21H16BrN/c22-18-12-11-17-13-20(23-19(17)14-18)21(15-7-3-1-4-8-15)16-9-5-2-6-10-16/h1-14,21,23H. The molecule has 0 amide bonds. The normalized spacial score (nSPS) is 11.2. The third-order valence-corrected chi connectivity index (χ3v) is 4.68. The maximum absolute atomic E-state index is 3.60. The van der Waals surface area contributed by atoms with E-state index in [0.29, 0.717) is 0 Å². The average molecular weight is 362 g/mol. The minimum absolute atomic E-state index is 0.212. The van der Waals surface area contributed by atoms with E-state index in [2.05, 4.69) is 106 Å². The van der Waals surface area contributed by atoms with Crippen LogP contribution in [0.15, 0.2) is 89.4 Å². The summed E-state index contributed by atoms with van der Waals surface area (Å²) in [5.74, 6) is 0.212. The van der Waals surface area contributed by atoms with Crippen molar-refractivity contribution >= 4 is 26.8 Å². The smallest absolute Gasteiger partial charge is 0.0491 e. The number of fused-ring (bicyclic) bond motifs is 1. The van der Waals surface area contributed by atoms with Crippen LogP contribution in [-0.4, -0.2) is 4.98 Å². The van der Waals surface area contributed by atoms with Gasteiger partial charge in [-0.25, -0.2) is 0 Å². The van der Waals surface area contributed by atoms with Crippen molar-refractivity contribution in [3.05, 3.63) is 106 Å². The number of rotatable bonds is 3. The summed E-state index contributed by atoms with van der Waals surface area (Å²) in [4.78, 5) is 3.60. The van der Waals surface area contributed by atoms with E-state index in [1.807, 2.05) is 0 Å². The number of H-pyrrole nitrogens is 1. The Kier molecular flexibility index (Phi) is 3.76. The number of nitrogens with one attached hydrogen (secondary N) is 1. The zero-order valence-electron chi connectivity index (χ0n) is 12.5. The van der Waals surface area contributed by atoms with Gasteiger partial charge in [-0.05, 0) is 34.7 Å². The monoisotopic (exact) mass is 361 g/mol. The SMILES string of the molecule is Brc1ccc2cc(C(c3ccccc3)c3ccccc3)[nH]c2c1. The van der Waals surface area contributed by atoms with Crippen LogP contribution < -0.4 is 0 Å². The van der Waals surface area contributed by atoms with Gasteiger partial charge >= 0.3 is 0 Å². The second-order valence-electron chi connectivity index (χ2n) is 5.71. The van der Waals surface area contributed by atoms with Gasteiger partial charge in [0, 0.05) is 21.6 Å². The number of benzene rings is 3. The van der Waals surface area contributed by atoms with E-state index in [-0.39, 0.29) is 5.92 Å². The average Bonchev–Trinajstić information content (AvgIpc) is 2.99. The van der Waals surface area contributed by atoms with Gasteiger partial charge in [0.05, 0.1) is 0 Å². The fourth-order valence-electron chi connectivity index (χ4n) is 3.12. The largest absolute Gasteiger partial charge is 0.358 e. The Labute approximate surface area is 144 Å². The number of hydrogen-bond donors (Lipinski definition) is 1. The predicted octanol–water partition coefficient (Wildman–Crippen LogP) is 6.11. The molecule has 1 N–H and O–H groups in total. The highest BCUT2D eigenvalue weighted by Crippen LogP contribution is 2.33. The lowest BCUT2D eigenvalue weighted by Crippen LogP contribution is -2.03. The molecule has 23 heavy (non-hydrogen) atoms. The minimum Gasteiger partial charge on any atom is -0.358 e. The van der Waals surface area contributed by atoms with Crippen LogP contribution in [0.4, 0.5) is 0 Å². The Hall–Kier alpha value is -2.32. The molecule has 1 heterocycles. The summed E-state index contributed by atoms with van der Waals surface area (Å²) in [5.41, 5.74) is 4.97. The van der Waals surface area contributed by atoms with E-state index < -0.39 is 0 Å². The van der Waals surface area contributed by atoms with Crippen molar-refractivity contribution in [1.82, 2.24) is 4.98 Å². The first kappa shape index (κ1) is 14.3. The summed E-state index contributed by atoms with van der Waals surface area (Å²) in [6, 6.07) is 29.9. The lowest BCUT2D eigenvalue weighted by molar-refractivity contribution is 0.939. The third-order valence-electron chi connectivity index (χ3n) is 4.18. The predicted molar refractivity (Wildman–Crippen MR) is 99.8 cm³/mol. The molecule has 0 radical (unpaired) electrons. The Morgan fingerprint density at radius 2 is 1.30 bits per heavy atom. The van der Waals surface area contributed by atoms with Gasteiger partial charge in [-0.3, -0.25) is 0 Å². The highest BCUT2D eigenvalue weighted by molar-refractivity contribution is 9.10. The van der Waals surface area contributed by atoms with Crippen molar-refractivity contribution in [2.75, 3.05) is 0 Å². The second-order valence-corrected chi connectivity index (χ2v) is 6.63. The van der Waals surface area contributed by atoms with Crippen LogP contribution in [0.1, 0.15) is 22.7 Å². The Morgan fingerprint density at radius 1 is 0.696 bits per heavy atom. The van der Waals surface area contributed by atoms with Crippen LogP contribution in [0.2, 0.25) is 0 Å². The van der Waals surface area contributed by atoms with Gasteiger partial charge in [-0.2, -0.15) is 0 Å². The minimum atomic E-state index is 0.212. The molecule has 0 atom stereocenters. The van der Waals surface area contributed by atoms with Gasteiger partial charge in [0.15, 0.2) is 0 Å². The molecule has 0 aliphatic heterocycles. The topological polar surface area (TPSA) is 15.8 Å². The van der Waals surface area contributed by atoms with Gasteiger partial charge < -0.3 is 4.98 Å². The van der Waals surface area contributed by atoms with E-state index in [4.69, 9.17) is 0 Å². The molecule has 0 aliphatic rings. The van der Waals surface area contributed by atoms with E-state index in [0.717, 1.165) is 9.99 Å². The third kappa shape index (κ3) is 2.82.